The molecule has 6 heteroatoms. The fourth-order valence-corrected chi connectivity index (χ4v) is 2.01. The summed E-state index contributed by atoms with van der Waals surface area (Å²) in [6.45, 7) is 9.56. The fourth-order valence-electron chi connectivity index (χ4n) is 2.01. The number of nitrogens with zero attached hydrogens (tertiary/aromatic N) is 2. The number of hydrogen-bond acceptors (Lipinski definition) is 3. The number of pyridine rings is 1. The Labute approximate surface area is 129 Å². The van der Waals surface area contributed by atoms with Gasteiger partial charge in [0.1, 0.15) is 0 Å². The molecule has 2 aromatic heterocycles. The average molecular weight is 300 g/mol. The number of fused-ring (bicyclic) bond motifs is 1. The van der Waals surface area contributed by atoms with Crippen LogP contribution >= 0.6 is 0 Å². The molecule has 0 aliphatic heterocycles. The molecule has 0 aromatic carbocycles. The number of rotatable bonds is 4. The van der Waals surface area contributed by atoms with E-state index in [1.807, 2.05) is 20.8 Å². The summed E-state index contributed by atoms with van der Waals surface area (Å²) < 4.78 is 1.61. The lowest BCUT2D eigenvalue weighted by Crippen LogP contribution is -2.41. The van der Waals surface area contributed by atoms with E-state index in [1.54, 1.807) is 34.9 Å². The van der Waals surface area contributed by atoms with Crippen molar-refractivity contribution < 1.29 is 9.59 Å². The van der Waals surface area contributed by atoms with E-state index in [0.717, 1.165) is 0 Å². The summed E-state index contributed by atoms with van der Waals surface area (Å²) in [5, 5.41) is 5.53. The summed E-state index contributed by atoms with van der Waals surface area (Å²) in [4.78, 5) is 28.8. The van der Waals surface area contributed by atoms with Crippen LogP contribution in [0.5, 0.6) is 0 Å². The van der Waals surface area contributed by atoms with Gasteiger partial charge < -0.3 is 10.6 Å². The minimum absolute atomic E-state index is 0.189. The topological polar surface area (TPSA) is 75.5 Å². The third-order valence-electron chi connectivity index (χ3n) is 2.86. The van der Waals surface area contributed by atoms with Gasteiger partial charge in [-0.15, -0.1) is 6.58 Å². The maximum atomic E-state index is 12.4. The van der Waals surface area contributed by atoms with Gasteiger partial charge in [0.15, 0.2) is 5.69 Å². The van der Waals surface area contributed by atoms with Gasteiger partial charge >= 0.3 is 0 Å². The van der Waals surface area contributed by atoms with Crippen molar-refractivity contribution in [2.75, 3.05) is 6.54 Å². The van der Waals surface area contributed by atoms with Crippen molar-refractivity contribution in [1.82, 2.24) is 20.0 Å². The molecule has 2 heterocycles. The van der Waals surface area contributed by atoms with Crippen molar-refractivity contribution in [2.45, 2.75) is 26.3 Å². The van der Waals surface area contributed by atoms with Crippen molar-refractivity contribution in [3.05, 3.63) is 48.6 Å². The van der Waals surface area contributed by atoms with Gasteiger partial charge in [0.2, 0.25) is 5.82 Å². The summed E-state index contributed by atoms with van der Waals surface area (Å²) in [6.07, 6.45) is 3.30. The van der Waals surface area contributed by atoms with Gasteiger partial charge in [0.25, 0.3) is 11.8 Å². The van der Waals surface area contributed by atoms with Crippen molar-refractivity contribution in [1.29, 1.82) is 0 Å². The molecule has 116 valence electrons. The summed E-state index contributed by atoms with van der Waals surface area (Å²) in [5.74, 6) is -0.468. The van der Waals surface area contributed by atoms with Crippen LogP contribution in [0.2, 0.25) is 0 Å². The molecular formula is C16H20N4O2. The minimum atomic E-state index is -0.386. The summed E-state index contributed by atoms with van der Waals surface area (Å²) in [6, 6.07) is 5.34. The van der Waals surface area contributed by atoms with E-state index >= 15 is 0 Å². The van der Waals surface area contributed by atoms with Gasteiger partial charge in [-0.25, -0.2) is 4.98 Å². The zero-order chi connectivity index (χ0) is 16.3. The number of carbonyl (C=O) groups excluding carboxylic acids is 2. The Morgan fingerprint density at radius 1 is 1.32 bits per heavy atom. The normalized spacial score (nSPS) is 11.2. The van der Waals surface area contributed by atoms with Crippen molar-refractivity contribution in [3.8, 4) is 0 Å². The molecule has 0 aliphatic rings. The highest BCUT2D eigenvalue weighted by Gasteiger charge is 2.23. The molecule has 0 atom stereocenters. The Hall–Kier alpha value is -2.63. The van der Waals surface area contributed by atoms with Gasteiger partial charge in [-0.05, 0) is 32.9 Å². The van der Waals surface area contributed by atoms with E-state index in [0.29, 0.717) is 12.1 Å². The minimum Gasteiger partial charge on any atom is -0.347 e. The molecule has 0 radical (unpaired) electrons. The Morgan fingerprint density at radius 2 is 2.05 bits per heavy atom. The molecular weight excluding hydrogens is 280 g/mol. The molecule has 2 N–H and O–H groups in total. The lowest BCUT2D eigenvalue weighted by molar-refractivity contribution is 0.0908. The van der Waals surface area contributed by atoms with E-state index in [1.165, 1.54) is 0 Å². The first-order valence-corrected chi connectivity index (χ1v) is 7.02. The molecule has 2 amide bonds. The van der Waals surface area contributed by atoms with Crippen LogP contribution in [0, 0.1) is 0 Å². The van der Waals surface area contributed by atoms with E-state index in [4.69, 9.17) is 0 Å². The monoisotopic (exact) mass is 300 g/mol. The molecule has 6 nitrogen and oxygen atoms in total. The number of aromatic nitrogens is 2. The zero-order valence-electron chi connectivity index (χ0n) is 13.0. The molecule has 0 unspecified atom stereocenters. The van der Waals surface area contributed by atoms with Gasteiger partial charge in [-0.1, -0.05) is 12.1 Å². The Bertz CT molecular complexity index is 725. The highest BCUT2D eigenvalue weighted by Crippen LogP contribution is 2.14. The predicted octanol–water partition coefficient (Wildman–Crippen LogP) is 1.78. The smallest absolute Gasteiger partial charge is 0.288 e. The molecule has 22 heavy (non-hydrogen) atoms. The highest BCUT2D eigenvalue weighted by molar-refractivity contribution is 6.02. The summed E-state index contributed by atoms with van der Waals surface area (Å²) in [7, 11) is 0. The molecule has 0 saturated heterocycles. The third-order valence-corrected chi connectivity index (χ3v) is 2.86. The van der Waals surface area contributed by atoms with Crippen LogP contribution in [-0.2, 0) is 0 Å². The SMILES string of the molecule is C=CCNC(=O)c1nc(C(=O)NC(C)(C)C)n2ccccc12. The highest BCUT2D eigenvalue weighted by atomic mass is 16.2. The molecule has 2 aromatic rings. The average Bonchev–Trinajstić information content (AvgIpc) is 2.82. The van der Waals surface area contributed by atoms with Gasteiger partial charge in [-0.2, -0.15) is 0 Å². The van der Waals surface area contributed by atoms with Gasteiger partial charge in [0.05, 0.1) is 5.52 Å². The largest absolute Gasteiger partial charge is 0.347 e. The van der Waals surface area contributed by atoms with Crippen molar-refractivity contribution in [2.24, 2.45) is 0 Å². The summed E-state index contributed by atoms with van der Waals surface area (Å²) >= 11 is 0. The number of carbonyl (C=O) groups is 2. The third kappa shape index (κ3) is 3.33. The number of nitrogens with one attached hydrogen (secondary N) is 2. The van der Waals surface area contributed by atoms with E-state index in [9.17, 15) is 9.59 Å². The maximum absolute atomic E-state index is 12.4. The molecule has 0 saturated carbocycles. The molecule has 0 aliphatic carbocycles. The Balaban J connectivity index is 2.46. The Kier molecular flexibility index (Phi) is 4.30. The quantitative estimate of drug-likeness (QED) is 0.845. The Morgan fingerprint density at radius 3 is 2.68 bits per heavy atom. The van der Waals surface area contributed by atoms with E-state index in [2.05, 4.69) is 22.2 Å². The lowest BCUT2D eigenvalue weighted by atomic mass is 10.1. The van der Waals surface area contributed by atoms with Gasteiger partial charge in [-0.3, -0.25) is 14.0 Å². The van der Waals surface area contributed by atoms with Crippen LogP contribution in [0.15, 0.2) is 37.1 Å². The molecule has 0 fully saturated rings. The number of imidazole rings is 1. The second-order valence-electron chi connectivity index (χ2n) is 5.94. The zero-order valence-corrected chi connectivity index (χ0v) is 13.0. The maximum Gasteiger partial charge on any atom is 0.288 e. The first-order chi connectivity index (χ1) is 10.3. The fraction of sp³-hybridized carbons (Fsp3) is 0.312. The summed E-state index contributed by atoms with van der Waals surface area (Å²) in [5.41, 5.74) is 0.424. The van der Waals surface area contributed by atoms with Crippen LogP contribution in [0.3, 0.4) is 0 Å². The predicted molar refractivity (Wildman–Crippen MR) is 84.9 cm³/mol. The number of amides is 2. The molecule has 0 bridgehead atoms. The van der Waals surface area contributed by atoms with Crippen molar-refractivity contribution in [3.63, 3.8) is 0 Å². The molecule has 0 spiro atoms. The standard InChI is InChI=1S/C16H20N4O2/c1-5-9-17-14(21)12-11-8-6-7-10-20(11)13(18-12)15(22)19-16(2,3)4/h5-8,10H,1,9H2,2-4H3,(H,17,21)(H,19,22). The van der Waals surface area contributed by atoms with Crippen LogP contribution in [0.25, 0.3) is 5.52 Å². The van der Waals surface area contributed by atoms with Crippen LogP contribution in [0.4, 0.5) is 0 Å². The van der Waals surface area contributed by atoms with Crippen LogP contribution < -0.4 is 10.6 Å². The number of hydrogen-bond donors (Lipinski definition) is 2. The van der Waals surface area contributed by atoms with Crippen LogP contribution in [0.1, 0.15) is 41.9 Å². The van der Waals surface area contributed by atoms with E-state index < -0.39 is 0 Å². The van der Waals surface area contributed by atoms with Gasteiger partial charge in [0, 0.05) is 18.3 Å². The van der Waals surface area contributed by atoms with Crippen LogP contribution in [-0.4, -0.2) is 33.3 Å². The van der Waals surface area contributed by atoms with Crippen molar-refractivity contribution >= 4 is 17.3 Å². The first-order valence-electron chi connectivity index (χ1n) is 7.02. The first kappa shape index (κ1) is 15.8. The lowest BCUT2D eigenvalue weighted by Gasteiger charge is -2.19. The molecule has 2 rings (SSSR count). The second kappa shape index (κ2) is 6.01. The second-order valence-corrected chi connectivity index (χ2v) is 5.94. The van der Waals surface area contributed by atoms with E-state index in [-0.39, 0.29) is 28.9 Å².